The quantitative estimate of drug-likeness (QED) is 0.816. The van der Waals surface area contributed by atoms with Crippen LogP contribution in [0.25, 0.3) is 11.3 Å². The topological polar surface area (TPSA) is 35.3 Å². The van der Waals surface area contributed by atoms with Gasteiger partial charge in [0.15, 0.2) is 0 Å². The largest absolute Gasteiger partial charge is 0.446 e. The highest BCUT2D eigenvalue weighted by Gasteiger charge is 2.05. The smallest absolute Gasteiger partial charge is 0.220 e. The maximum absolute atomic E-state index is 5.81. The van der Waals surface area contributed by atoms with Gasteiger partial charge in [0.05, 0.1) is 0 Å². The molecule has 0 bridgehead atoms. The zero-order valence-electron chi connectivity index (χ0n) is 8.94. The van der Waals surface area contributed by atoms with E-state index in [4.69, 9.17) is 20.8 Å². The van der Waals surface area contributed by atoms with Crippen LogP contribution in [0.2, 0.25) is 5.02 Å². The van der Waals surface area contributed by atoms with E-state index < -0.39 is 0 Å². The van der Waals surface area contributed by atoms with Gasteiger partial charge in [0.2, 0.25) is 5.89 Å². The van der Waals surface area contributed by atoms with Gasteiger partial charge in [0.25, 0.3) is 0 Å². The molecule has 0 aliphatic rings. The molecule has 0 aliphatic carbocycles. The van der Waals surface area contributed by atoms with Gasteiger partial charge in [0, 0.05) is 17.2 Å². The number of hydrogen-bond donors (Lipinski definition) is 0. The lowest BCUT2D eigenvalue weighted by Gasteiger charge is -1.95. The Morgan fingerprint density at radius 3 is 2.75 bits per heavy atom. The molecule has 0 atom stereocenters. The molecule has 0 saturated heterocycles. The molecule has 84 valence electrons. The van der Waals surface area contributed by atoms with Gasteiger partial charge in [-0.2, -0.15) is 0 Å². The summed E-state index contributed by atoms with van der Waals surface area (Å²) in [6, 6.07) is 7.47. The lowest BCUT2D eigenvalue weighted by atomic mass is 10.2. The average molecular weight is 238 g/mol. The molecule has 1 heterocycles. The maximum atomic E-state index is 5.81. The summed E-state index contributed by atoms with van der Waals surface area (Å²) in [5, 5.41) is 0.710. The van der Waals surface area contributed by atoms with Gasteiger partial charge in [-0.05, 0) is 19.1 Å². The molecule has 0 aliphatic heterocycles. The lowest BCUT2D eigenvalue weighted by Crippen LogP contribution is -1.91. The van der Waals surface area contributed by atoms with Gasteiger partial charge in [-0.1, -0.05) is 23.7 Å². The first-order chi connectivity index (χ1) is 7.79. The molecule has 16 heavy (non-hydrogen) atoms. The first-order valence-corrected chi connectivity index (χ1v) is 5.45. The van der Waals surface area contributed by atoms with Gasteiger partial charge in [0.1, 0.15) is 18.6 Å². The fraction of sp³-hybridized carbons (Fsp3) is 0.250. The second-order valence-corrected chi connectivity index (χ2v) is 3.71. The van der Waals surface area contributed by atoms with E-state index in [9.17, 15) is 0 Å². The third-order valence-electron chi connectivity index (χ3n) is 2.12. The van der Waals surface area contributed by atoms with Crippen molar-refractivity contribution in [1.29, 1.82) is 0 Å². The van der Waals surface area contributed by atoms with E-state index in [1.54, 1.807) is 6.26 Å². The van der Waals surface area contributed by atoms with E-state index in [1.165, 1.54) is 0 Å². The minimum Gasteiger partial charge on any atom is -0.446 e. The Kier molecular flexibility index (Phi) is 3.59. The van der Waals surface area contributed by atoms with E-state index in [1.807, 2.05) is 31.2 Å². The van der Waals surface area contributed by atoms with E-state index in [-0.39, 0.29) is 0 Å². The van der Waals surface area contributed by atoms with Crippen molar-refractivity contribution < 1.29 is 9.15 Å². The summed E-state index contributed by atoms with van der Waals surface area (Å²) >= 11 is 5.81. The molecule has 0 saturated carbocycles. The van der Waals surface area contributed by atoms with E-state index in [2.05, 4.69) is 4.98 Å². The van der Waals surface area contributed by atoms with Crippen LogP contribution in [0.15, 0.2) is 34.9 Å². The SMILES string of the molecule is CCOCc1nc(-c2ccc(Cl)cc2)co1. The van der Waals surface area contributed by atoms with Crippen LogP contribution in [0.3, 0.4) is 0 Å². The minimum atomic E-state index is 0.407. The number of rotatable bonds is 4. The normalized spacial score (nSPS) is 10.6. The molecular formula is C12H12ClNO2. The van der Waals surface area contributed by atoms with Crippen LogP contribution in [0.4, 0.5) is 0 Å². The van der Waals surface area contributed by atoms with Crippen LogP contribution in [0.5, 0.6) is 0 Å². The van der Waals surface area contributed by atoms with E-state index in [0.29, 0.717) is 24.1 Å². The summed E-state index contributed by atoms with van der Waals surface area (Å²) in [6.07, 6.45) is 1.62. The van der Waals surface area contributed by atoms with Crippen LogP contribution in [-0.2, 0) is 11.3 Å². The zero-order chi connectivity index (χ0) is 11.4. The van der Waals surface area contributed by atoms with Crippen molar-refractivity contribution >= 4 is 11.6 Å². The molecule has 0 spiro atoms. The maximum Gasteiger partial charge on any atom is 0.220 e. The van der Waals surface area contributed by atoms with Crippen molar-refractivity contribution in [2.45, 2.75) is 13.5 Å². The zero-order valence-corrected chi connectivity index (χ0v) is 9.70. The van der Waals surface area contributed by atoms with Gasteiger partial charge in [-0.3, -0.25) is 0 Å². The van der Waals surface area contributed by atoms with Crippen molar-refractivity contribution in [2.24, 2.45) is 0 Å². The number of benzene rings is 1. The van der Waals surface area contributed by atoms with Crippen LogP contribution >= 0.6 is 11.6 Å². The third-order valence-corrected chi connectivity index (χ3v) is 2.37. The first kappa shape index (κ1) is 11.2. The molecule has 0 fully saturated rings. The van der Waals surface area contributed by atoms with Crippen molar-refractivity contribution in [3.8, 4) is 11.3 Å². The van der Waals surface area contributed by atoms with E-state index >= 15 is 0 Å². The standard InChI is InChI=1S/C12H12ClNO2/c1-2-15-8-12-14-11(7-16-12)9-3-5-10(13)6-4-9/h3-7H,2,8H2,1H3. The molecule has 0 unspecified atom stereocenters. The fourth-order valence-electron chi connectivity index (χ4n) is 1.32. The third kappa shape index (κ3) is 2.62. The average Bonchev–Trinajstić information content (AvgIpc) is 2.76. The van der Waals surface area contributed by atoms with Gasteiger partial charge in [-0.25, -0.2) is 4.98 Å². The summed E-state index contributed by atoms with van der Waals surface area (Å²) in [4.78, 5) is 4.31. The number of oxazole rings is 1. The molecule has 0 radical (unpaired) electrons. The van der Waals surface area contributed by atoms with Crippen molar-refractivity contribution in [2.75, 3.05) is 6.61 Å². The highest BCUT2D eigenvalue weighted by Crippen LogP contribution is 2.20. The monoisotopic (exact) mass is 237 g/mol. The fourth-order valence-corrected chi connectivity index (χ4v) is 1.45. The molecule has 0 N–H and O–H groups in total. The van der Waals surface area contributed by atoms with Gasteiger partial charge in [-0.15, -0.1) is 0 Å². The predicted octanol–water partition coefficient (Wildman–Crippen LogP) is 3.53. The highest BCUT2D eigenvalue weighted by molar-refractivity contribution is 6.30. The van der Waals surface area contributed by atoms with Crippen LogP contribution in [0, 0.1) is 0 Å². The lowest BCUT2D eigenvalue weighted by molar-refractivity contribution is 0.114. The Hall–Kier alpha value is -1.32. The molecule has 0 amide bonds. The predicted molar refractivity (Wildman–Crippen MR) is 62.3 cm³/mol. The Morgan fingerprint density at radius 1 is 1.31 bits per heavy atom. The van der Waals surface area contributed by atoms with Crippen molar-refractivity contribution in [3.05, 3.63) is 41.4 Å². The van der Waals surface area contributed by atoms with Crippen molar-refractivity contribution in [1.82, 2.24) is 4.98 Å². The summed E-state index contributed by atoms with van der Waals surface area (Å²) in [5.41, 5.74) is 1.78. The van der Waals surface area contributed by atoms with E-state index in [0.717, 1.165) is 11.3 Å². The summed E-state index contributed by atoms with van der Waals surface area (Å²) < 4.78 is 10.5. The number of nitrogens with zero attached hydrogens (tertiary/aromatic N) is 1. The Labute approximate surface area is 99.0 Å². The molecule has 1 aromatic carbocycles. The summed E-state index contributed by atoms with van der Waals surface area (Å²) in [5.74, 6) is 0.590. The number of ether oxygens (including phenoxy) is 1. The molecular weight excluding hydrogens is 226 g/mol. The molecule has 3 nitrogen and oxygen atoms in total. The Morgan fingerprint density at radius 2 is 2.06 bits per heavy atom. The summed E-state index contributed by atoms with van der Waals surface area (Å²) in [7, 11) is 0. The van der Waals surface area contributed by atoms with Crippen molar-refractivity contribution in [3.63, 3.8) is 0 Å². The number of hydrogen-bond acceptors (Lipinski definition) is 3. The molecule has 2 aromatic rings. The van der Waals surface area contributed by atoms with Crippen LogP contribution < -0.4 is 0 Å². The van der Waals surface area contributed by atoms with Gasteiger partial charge >= 0.3 is 0 Å². The van der Waals surface area contributed by atoms with Crippen LogP contribution in [-0.4, -0.2) is 11.6 Å². The number of aromatic nitrogens is 1. The second-order valence-electron chi connectivity index (χ2n) is 3.27. The molecule has 4 heteroatoms. The molecule has 1 aromatic heterocycles. The summed E-state index contributed by atoms with van der Waals surface area (Å²) in [6.45, 7) is 2.99. The molecule has 2 rings (SSSR count). The van der Waals surface area contributed by atoms with Gasteiger partial charge < -0.3 is 9.15 Å². The highest BCUT2D eigenvalue weighted by atomic mass is 35.5. The minimum absolute atomic E-state index is 0.407. The van der Waals surface area contributed by atoms with Crippen LogP contribution in [0.1, 0.15) is 12.8 Å². The first-order valence-electron chi connectivity index (χ1n) is 5.07. The second kappa shape index (κ2) is 5.14. The Bertz CT molecular complexity index is 450. The Balaban J connectivity index is 2.15. The number of halogens is 1.